The molecule has 0 N–H and O–H groups in total. The molecule has 0 atom stereocenters. The fourth-order valence-corrected chi connectivity index (χ4v) is 3.82. The Labute approximate surface area is 166 Å². The number of benzene rings is 3. The van der Waals surface area contributed by atoms with Crippen LogP contribution in [0.4, 0.5) is 5.95 Å². The van der Waals surface area contributed by atoms with Crippen LogP contribution in [0.1, 0.15) is 17.2 Å². The predicted molar refractivity (Wildman–Crippen MR) is 107 cm³/mol. The van der Waals surface area contributed by atoms with Gasteiger partial charge in [0.1, 0.15) is 6.04 Å². The van der Waals surface area contributed by atoms with Gasteiger partial charge >= 0.3 is 5.95 Å². The molecule has 0 fully saturated rings. The second-order valence-electron chi connectivity index (χ2n) is 6.04. The van der Waals surface area contributed by atoms with E-state index >= 15 is 0 Å². The molecule has 0 aliphatic heterocycles. The van der Waals surface area contributed by atoms with E-state index in [1.807, 2.05) is 91.0 Å². The fraction of sp³-hybridized carbons (Fsp3) is 0.0476. The summed E-state index contributed by atoms with van der Waals surface area (Å²) in [5.74, 6) is -0.407. The van der Waals surface area contributed by atoms with Gasteiger partial charge in [-0.2, -0.15) is 0 Å². The molecule has 0 aliphatic carbocycles. The summed E-state index contributed by atoms with van der Waals surface area (Å²) in [6.45, 7) is 0. The molecule has 0 saturated carbocycles. The lowest BCUT2D eigenvalue weighted by molar-refractivity contribution is -0.394. The van der Waals surface area contributed by atoms with Crippen molar-refractivity contribution in [1.82, 2.24) is 14.8 Å². The average Bonchev–Trinajstić information content (AvgIpc) is 3.14. The van der Waals surface area contributed by atoms with Crippen LogP contribution in [0.15, 0.2) is 101 Å². The molecule has 0 aliphatic rings. The molecule has 4 rings (SSSR count). The Hall–Kier alpha value is -3.45. The summed E-state index contributed by atoms with van der Waals surface area (Å²) < 4.78 is 1.64. The maximum absolute atomic E-state index is 11.4. The molecule has 138 valence electrons. The third-order valence-corrected chi connectivity index (χ3v) is 5.15. The molecular formula is C21H16N4O2S. The topological polar surface area (TPSA) is 73.8 Å². The second-order valence-corrected chi connectivity index (χ2v) is 7.08. The van der Waals surface area contributed by atoms with Crippen LogP contribution in [0.5, 0.6) is 0 Å². The first-order valence-corrected chi connectivity index (χ1v) is 9.48. The first kappa shape index (κ1) is 17.9. The molecule has 0 saturated heterocycles. The van der Waals surface area contributed by atoms with Gasteiger partial charge in [-0.05, 0) is 44.9 Å². The summed E-state index contributed by atoms with van der Waals surface area (Å²) in [7, 11) is 0. The Balaban J connectivity index is 1.87. The zero-order valence-electron chi connectivity index (χ0n) is 14.8. The van der Waals surface area contributed by atoms with E-state index in [0.717, 1.165) is 16.0 Å². The highest BCUT2D eigenvalue weighted by molar-refractivity contribution is 7.99. The van der Waals surface area contributed by atoms with E-state index in [4.69, 9.17) is 0 Å². The second kappa shape index (κ2) is 8.06. The molecule has 0 bridgehead atoms. The van der Waals surface area contributed by atoms with Crippen LogP contribution in [0.25, 0.3) is 0 Å². The third-order valence-electron chi connectivity index (χ3n) is 4.18. The van der Waals surface area contributed by atoms with E-state index in [9.17, 15) is 10.1 Å². The van der Waals surface area contributed by atoms with E-state index in [2.05, 4.69) is 10.1 Å². The summed E-state index contributed by atoms with van der Waals surface area (Å²) >= 11 is 1.36. The Morgan fingerprint density at radius 3 is 1.82 bits per heavy atom. The van der Waals surface area contributed by atoms with Crippen molar-refractivity contribution in [2.24, 2.45) is 0 Å². The molecule has 0 amide bonds. The number of aromatic nitrogens is 3. The molecule has 0 unspecified atom stereocenters. The van der Waals surface area contributed by atoms with Crippen molar-refractivity contribution in [1.29, 1.82) is 0 Å². The van der Waals surface area contributed by atoms with Gasteiger partial charge in [0.25, 0.3) is 5.16 Å². The van der Waals surface area contributed by atoms with Crippen LogP contribution >= 0.6 is 11.8 Å². The SMILES string of the molecule is O=[N+]([O-])c1nc(Sc2ccccc2)n(C(c2ccccc2)c2ccccc2)n1. The van der Waals surface area contributed by atoms with E-state index in [1.165, 1.54) is 11.8 Å². The van der Waals surface area contributed by atoms with Crippen molar-refractivity contribution in [2.45, 2.75) is 16.1 Å². The maximum atomic E-state index is 11.4. The highest BCUT2D eigenvalue weighted by Crippen LogP contribution is 2.34. The minimum atomic E-state index is -0.557. The van der Waals surface area contributed by atoms with Crippen molar-refractivity contribution in [3.8, 4) is 0 Å². The van der Waals surface area contributed by atoms with Gasteiger partial charge in [0.15, 0.2) is 0 Å². The number of nitrogens with zero attached hydrogens (tertiary/aromatic N) is 4. The Morgan fingerprint density at radius 1 is 0.821 bits per heavy atom. The normalized spacial score (nSPS) is 10.9. The average molecular weight is 388 g/mol. The van der Waals surface area contributed by atoms with Crippen LogP contribution in [0.3, 0.4) is 0 Å². The standard InChI is InChI=1S/C21H16N4O2S/c26-25(27)20-22-21(28-18-14-8-3-9-15-18)24(23-20)19(16-10-4-1-5-11-16)17-12-6-2-7-13-17/h1-15,19H. The van der Waals surface area contributed by atoms with E-state index in [-0.39, 0.29) is 6.04 Å². The summed E-state index contributed by atoms with van der Waals surface area (Å²) in [6, 6.07) is 28.9. The van der Waals surface area contributed by atoms with Gasteiger partial charge in [-0.15, -0.1) is 4.68 Å². The lowest BCUT2D eigenvalue weighted by Gasteiger charge is -2.17. The van der Waals surface area contributed by atoms with Crippen molar-refractivity contribution >= 4 is 17.7 Å². The first-order chi connectivity index (χ1) is 13.7. The van der Waals surface area contributed by atoms with Gasteiger partial charge < -0.3 is 10.1 Å². The van der Waals surface area contributed by atoms with Crippen LogP contribution < -0.4 is 0 Å². The lowest BCUT2D eigenvalue weighted by atomic mass is 9.99. The Kier molecular flexibility index (Phi) is 5.16. The van der Waals surface area contributed by atoms with E-state index in [0.29, 0.717) is 5.16 Å². The zero-order chi connectivity index (χ0) is 19.3. The Morgan fingerprint density at radius 2 is 1.32 bits per heavy atom. The van der Waals surface area contributed by atoms with Gasteiger partial charge in [-0.3, -0.25) is 0 Å². The highest BCUT2D eigenvalue weighted by atomic mass is 32.2. The molecule has 0 radical (unpaired) electrons. The summed E-state index contributed by atoms with van der Waals surface area (Å²) in [5, 5.41) is 16.1. The molecule has 6 nitrogen and oxygen atoms in total. The molecule has 3 aromatic carbocycles. The minimum Gasteiger partial charge on any atom is -0.390 e. The smallest absolute Gasteiger partial charge is 0.390 e. The Bertz CT molecular complexity index is 1030. The van der Waals surface area contributed by atoms with Gasteiger partial charge in [0, 0.05) is 9.99 Å². The van der Waals surface area contributed by atoms with Gasteiger partial charge in [-0.1, -0.05) is 78.9 Å². The largest absolute Gasteiger partial charge is 0.492 e. The minimum absolute atomic E-state index is 0.324. The van der Waals surface area contributed by atoms with Crippen LogP contribution in [0, 0.1) is 10.1 Å². The van der Waals surface area contributed by atoms with Crippen molar-refractivity contribution in [3.63, 3.8) is 0 Å². The van der Waals surface area contributed by atoms with Crippen LogP contribution in [-0.4, -0.2) is 19.7 Å². The summed E-state index contributed by atoms with van der Waals surface area (Å²) in [6.07, 6.45) is 0. The van der Waals surface area contributed by atoms with Crippen molar-refractivity contribution in [3.05, 3.63) is 112 Å². The summed E-state index contributed by atoms with van der Waals surface area (Å²) in [4.78, 5) is 15.9. The number of rotatable bonds is 6. The van der Waals surface area contributed by atoms with Crippen molar-refractivity contribution < 1.29 is 4.92 Å². The van der Waals surface area contributed by atoms with Crippen molar-refractivity contribution in [2.75, 3.05) is 0 Å². The molecule has 0 spiro atoms. The summed E-state index contributed by atoms with van der Waals surface area (Å²) in [5.41, 5.74) is 1.95. The molecule has 1 heterocycles. The first-order valence-electron chi connectivity index (χ1n) is 8.66. The van der Waals surface area contributed by atoms with Gasteiger partial charge in [-0.25, -0.2) is 0 Å². The molecule has 4 aromatic rings. The maximum Gasteiger partial charge on any atom is 0.492 e. The monoisotopic (exact) mass is 388 g/mol. The molecule has 1 aromatic heterocycles. The fourth-order valence-electron chi connectivity index (χ4n) is 2.95. The molecule has 7 heteroatoms. The van der Waals surface area contributed by atoms with Crippen LogP contribution in [-0.2, 0) is 0 Å². The predicted octanol–water partition coefficient (Wildman–Crippen LogP) is 4.98. The van der Waals surface area contributed by atoms with Gasteiger partial charge in [0.05, 0.1) is 0 Å². The zero-order valence-corrected chi connectivity index (χ0v) is 15.6. The third kappa shape index (κ3) is 3.79. The van der Waals surface area contributed by atoms with Gasteiger partial charge in [0.2, 0.25) is 0 Å². The highest BCUT2D eigenvalue weighted by Gasteiger charge is 2.29. The number of hydrogen-bond donors (Lipinski definition) is 0. The molecule has 28 heavy (non-hydrogen) atoms. The quantitative estimate of drug-likeness (QED) is 0.344. The van der Waals surface area contributed by atoms with Crippen LogP contribution in [0.2, 0.25) is 0 Å². The van der Waals surface area contributed by atoms with E-state index < -0.39 is 10.9 Å². The number of hydrogen-bond acceptors (Lipinski definition) is 5. The molecular weight excluding hydrogens is 372 g/mol. The van der Waals surface area contributed by atoms with E-state index in [1.54, 1.807) is 4.68 Å². The number of nitro groups is 1. The lowest BCUT2D eigenvalue weighted by Crippen LogP contribution is -2.15.